The molecule has 0 aromatic rings. The zero-order valence-electron chi connectivity index (χ0n) is 14.6. The minimum atomic E-state index is -0.910. The van der Waals surface area contributed by atoms with E-state index in [1.54, 1.807) is 0 Å². The Bertz CT molecular complexity index is 700. The summed E-state index contributed by atoms with van der Waals surface area (Å²) in [7, 11) is 0. The molecule has 5 nitrogen and oxygen atoms in total. The van der Waals surface area contributed by atoms with E-state index in [0.717, 1.165) is 32.1 Å². The van der Waals surface area contributed by atoms with Crippen LogP contribution in [-0.4, -0.2) is 47.2 Å². The van der Waals surface area contributed by atoms with Crippen LogP contribution in [0, 0.1) is 34.0 Å². The van der Waals surface area contributed by atoms with Crippen molar-refractivity contribution in [1.82, 2.24) is 0 Å². The van der Waals surface area contributed by atoms with Crippen molar-refractivity contribution in [2.24, 2.45) is 34.0 Å². The van der Waals surface area contributed by atoms with Crippen LogP contribution in [0.4, 0.5) is 0 Å². The van der Waals surface area contributed by atoms with E-state index in [2.05, 4.69) is 13.5 Å². The first-order valence-corrected chi connectivity index (χ1v) is 9.75. The lowest BCUT2D eigenvalue weighted by Gasteiger charge is -2.75. The number of carbonyl (C=O) groups excluding carboxylic acids is 1. The monoisotopic (exact) mass is 346 g/mol. The van der Waals surface area contributed by atoms with Crippen LogP contribution in [0.2, 0.25) is 0 Å². The van der Waals surface area contributed by atoms with E-state index < -0.39 is 29.3 Å². The molecule has 1 unspecified atom stereocenters. The fourth-order valence-electron chi connectivity index (χ4n) is 8.25. The second kappa shape index (κ2) is 4.22. The topological polar surface area (TPSA) is 76.0 Å². The van der Waals surface area contributed by atoms with Crippen molar-refractivity contribution in [3.63, 3.8) is 0 Å². The van der Waals surface area contributed by atoms with Crippen LogP contribution in [0.25, 0.3) is 0 Å². The second-order valence-electron chi connectivity index (χ2n) is 9.73. The first-order chi connectivity index (χ1) is 11.9. The predicted octanol–water partition coefficient (Wildman–Crippen LogP) is 1.42. The maximum atomic E-state index is 13.3. The first kappa shape index (κ1) is 15.3. The average molecular weight is 346 g/mol. The van der Waals surface area contributed by atoms with Crippen molar-refractivity contribution in [2.45, 2.75) is 63.6 Å². The van der Waals surface area contributed by atoms with Crippen LogP contribution >= 0.6 is 0 Å². The Hall–Kier alpha value is -0.750. The number of hydrogen-bond donors (Lipinski definition) is 2. The average Bonchev–Trinajstić information content (AvgIpc) is 2.71. The summed E-state index contributed by atoms with van der Waals surface area (Å²) in [4.78, 5) is 13.3. The molecule has 0 radical (unpaired) electrons. The first-order valence-electron chi connectivity index (χ1n) is 9.75. The summed E-state index contributed by atoms with van der Waals surface area (Å²) in [6.07, 6.45) is 2.01. The third kappa shape index (κ3) is 1.29. The lowest BCUT2D eigenvalue weighted by Crippen LogP contribution is -2.81. The SMILES string of the molecule is C=C1C(=O)[C@]23[C@H](O)[C@H]1CC[C@H]2[C@]12C4OC[C@](C)(CC[C@@H]1O)[C@H]2C[C@H]3O4. The molecule has 0 aromatic heterocycles. The van der Waals surface area contributed by atoms with Gasteiger partial charge in [0.2, 0.25) is 0 Å². The quantitative estimate of drug-likeness (QED) is 0.649. The van der Waals surface area contributed by atoms with E-state index in [1.807, 2.05) is 0 Å². The van der Waals surface area contributed by atoms with Crippen molar-refractivity contribution in [3.05, 3.63) is 12.2 Å². The maximum Gasteiger partial charge on any atom is 0.170 e. The zero-order chi connectivity index (χ0) is 17.4. The van der Waals surface area contributed by atoms with Crippen LogP contribution in [0.3, 0.4) is 0 Å². The van der Waals surface area contributed by atoms with Gasteiger partial charge in [0.1, 0.15) is 0 Å². The maximum absolute atomic E-state index is 13.3. The Labute approximate surface area is 147 Å². The van der Waals surface area contributed by atoms with Crippen molar-refractivity contribution in [2.75, 3.05) is 6.61 Å². The van der Waals surface area contributed by atoms with Gasteiger partial charge in [-0.2, -0.15) is 0 Å². The molecule has 0 amide bonds. The smallest absolute Gasteiger partial charge is 0.170 e. The van der Waals surface area contributed by atoms with Crippen LogP contribution in [0.15, 0.2) is 12.2 Å². The molecule has 4 aliphatic carbocycles. The highest BCUT2D eigenvalue weighted by molar-refractivity contribution is 6.04. The van der Waals surface area contributed by atoms with E-state index in [0.29, 0.717) is 18.1 Å². The van der Waals surface area contributed by atoms with Crippen LogP contribution in [-0.2, 0) is 14.3 Å². The normalized spacial score (nSPS) is 64.4. The Balaban J connectivity index is 1.61. The lowest BCUT2D eigenvalue weighted by atomic mass is 9.36. The Morgan fingerprint density at radius 1 is 1.20 bits per heavy atom. The van der Waals surface area contributed by atoms with E-state index in [4.69, 9.17) is 9.47 Å². The van der Waals surface area contributed by atoms with Gasteiger partial charge in [-0.1, -0.05) is 13.5 Å². The Morgan fingerprint density at radius 2 is 2.00 bits per heavy atom. The number of rotatable bonds is 0. The number of aliphatic hydroxyl groups is 2. The van der Waals surface area contributed by atoms with E-state index in [9.17, 15) is 15.0 Å². The van der Waals surface area contributed by atoms with Crippen molar-refractivity contribution >= 4 is 5.78 Å². The lowest BCUT2D eigenvalue weighted by molar-refractivity contribution is -0.440. The number of carbonyl (C=O) groups is 1. The highest BCUT2D eigenvalue weighted by Crippen LogP contribution is 2.77. The van der Waals surface area contributed by atoms with Gasteiger partial charge in [0, 0.05) is 5.92 Å². The summed E-state index contributed by atoms with van der Waals surface area (Å²) >= 11 is 0. The number of ketones is 1. The summed E-state index contributed by atoms with van der Waals surface area (Å²) in [5.41, 5.74) is -0.874. The van der Waals surface area contributed by atoms with Crippen molar-refractivity contribution in [1.29, 1.82) is 0 Å². The third-order valence-corrected chi connectivity index (χ3v) is 9.20. The molecule has 7 fully saturated rings. The molecule has 2 N–H and O–H groups in total. The summed E-state index contributed by atoms with van der Waals surface area (Å²) in [6, 6.07) is 0. The fourth-order valence-corrected chi connectivity index (χ4v) is 8.25. The van der Waals surface area contributed by atoms with Gasteiger partial charge in [0.05, 0.1) is 35.7 Å². The molecule has 2 spiro atoms. The number of aliphatic hydroxyl groups excluding tert-OH is 2. The molecule has 3 saturated heterocycles. The molecule has 7 rings (SSSR count). The van der Waals surface area contributed by atoms with Gasteiger partial charge >= 0.3 is 0 Å². The fraction of sp³-hybridized carbons (Fsp3) is 0.850. The third-order valence-electron chi connectivity index (χ3n) is 9.20. The van der Waals surface area contributed by atoms with Gasteiger partial charge in [0.15, 0.2) is 12.1 Å². The molecule has 136 valence electrons. The van der Waals surface area contributed by atoms with E-state index in [1.165, 1.54) is 0 Å². The van der Waals surface area contributed by atoms with Gasteiger partial charge < -0.3 is 19.7 Å². The Morgan fingerprint density at radius 3 is 2.80 bits per heavy atom. The van der Waals surface area contributed by atoms with Crippen LogP contribution < -0.4 is 0 Å². The summed E-state index contributed by atoms with van der Waals surface area (Å²) < 4.78 is 12.5. The summed E-state index contributed by atoms with van der Waals surface area (Å²) in [5.74, 6) is 0.0718. The molecular weight excluding hydrogens is 320 g/mol. The largest absolute Gasteiger partial charge is 0.392 e. The minimum Gasteiger partial charge on any atom is -0.392 e. The zero-order valence-corrected chi connectivity index (χ0v) is 14.6. The van der Waals surface area contributed by atoms with E-state index >= 15 is 0 Å². The van der Waals surface area contributed by atoms with Crippen LogP contribution in [0.5, 0.6) is 0 Å². The summed E-state index contributed by atoms with van der Waals surface area (Å²) in [5, 5.41) is 22.4. The predicted molar refractivity (Wildman–Crippen MR) is 87.3 cm³/mol. The molecular formula is C20H26O5. The van der Waals surface area contributed by atoms with Gasteiger partial charge in [0.25, 0.3) is 0 Å². The van der Waals surface area contributed by atoms with Gasteiger partial charge in [-0.15, -0.1) is 0 Å². The van der Waals surface area contributed by atoms with E-state index in [-0.39, 0.29) is 29.1 Å². The minimum absolute atomic E-state index is 0.00572. The molecule has 5 heteroatoms. The number of Topliss-reactive ketones (excluding diaryl/α,β-unsaturated/α-hetero) is 1. The molecule has 10 atom stereocenters. The second-order valence-corrected chi connectivity index (χ2v) is 9.73. The molecule has 3 aliphatic heterocycles. The van der Waals surface area contributed by atoms with Crippen molar-refractivity contribution < 1.29 is 24.5 Å². The number of hydrogen-bond acceptors (Lipinski definition) is 5. The van der Waals surface area contributed by atoms with Gasteiger partial charge in [-0.05, 0) is 54.9 Å². The van der Waals surface area contributed by atoms with Crippen LogP contribution in [0.1, 0.15) is 39.0 Å². The molecule has 7 bridgehead atoms. The Kier molecular flexibility index (Phi) is 2.58. The number of fused-ring (bicyclic) bond motifs is 1. The summed E-state index contributed by atoms with van der Waals surface area (Å²) in [6.45, 7) is 6.95. The number of ether oxygens (including phenoxy) is 2. The molecule has 4 saturated carbocycles. The highest BCUT2D eigenvalue weighted by atomic mass is 16.7. The van der Waals surface area contributed by atoms with Crippen molar-refractivity contribution in [3.8, 4) is 0 Å². The standard InChI is InChI=1S/C20H26O5/c1-9-10-3-4-11-19-12-7-14(20(11,15(9)22)16(10)23)25-17(19)24-8-18(12,2)6-5-13(19)21/h10-14,16-17,21,23H,1,3-8H2,2H3/t10-,11-,12+,13-,14+,16+,17?,18-,19+,20-/m0/s1. The van der Waals surface area contributed by atoms with Gasteiger partial charge in [-0.25, -0.2) is 0 Å². The molecule has 3 heterocycles. The van der Waals surface area contributed by atoms with Gasteiger partial charge in [-0.3, -0.25) is 4.79 Å². The highest BCUT2D eigenvalue weighted by Gasteiger charge is 2.83. The molecule has 7 aliphatic rings. The molecule has 0 aromatic carbocycles. The molecule has 25 heavy (non-hydrogen) atoms.